The van der Waals surface area contributed by atoms with Crippen molar-refractivity contribution < 1.29 is 18.4 Å². The van der Waals surface area contributed by atoms with Crippen LogP contribution in [0.2, 0.25) is 0 Å². The molecule has 0 saturated carbocycles. The minimum Gasteiger partial charge on any atom is -0.461 e. The highest BCUT2D eigenvalue weighted by atomic mass is 32.2. The van der Waals surface area contributed by atoms with E-state index in [9.17, 15) is 14.0 Å². The Bertz CT molecular complexity index is 1020. The summed E-state index contributed by atoms with van der Waals surface area (Å²) in [5.74, 6) is 0.0126. The maximum atomic E-state index is 13.4. The molecule has 2 N–H and O–H groups in total. The van der Waals surface area contributed by atoms with E-state index in [1.165, 1.54) is 35.1 Å². The quantitative estimate of drug-likeness (QED) is 0.522. The molecule has 30 heavy (non-hydrogen) atoms. The third kappa shape index (κ3) is 5.26. The van der Waals surface area contributed by atoms with Gasteiger partial charge in [0, 0.05) is 26.6 Å². The van der Waals surface area contributed by atoms with Crippen molar-refractivity contribution in [1.29, 1.82) is 0 Å². The summed E-state index contributed by atoms with van der Waals surface area (Å²) in [5, 5.41) is 8.31. The fraction of sp³-hybridized carbons (Fsp3) is 0.300. The third-order valence-corrected chi connectivity index (χ3v) is 5.42. The number of hydrogen-bond donors (Lipinski definition) is 1. The topological polar surface area (TPSA) is 107 Å². The number of nitrogens with zero attached hydrogens (tertiary/aromatic N) is 4. The lowest BCUT2D eigenvalue weighted by Crippen LogP contribution is -2.33. The van der Waals surface area contributed by atoms with Crippen molar-refractivity contribution >= 4 is 23.6 Å². The number of amides is 2. The predicted molar refractivity (Wildman–Crippen MR) is 110 cm³/mol. The van der Waals surface area contributed by atoms with Gasteiger partial charge in [0.25, 0.3) is 0 Å². The Morgan fingerprint density at radius 1 is 1.30 bits per heavy atom. The Hall–Kier alpha value is -3.14. The van der Waals surface area contributed by atoms with Crippen LogP contribution in [0.3, 0.4) is 0 Å². The summed E-state index contributed by atoms with van der Waals surface area (Å²) in [6.07, 6.45) is 1.61. The van der Waals surface area contributed by atoms with Crippen molar-refractivity contribution in [3.63, 3.8) is 0 Å². The second-order valence-corrected chi connectivity index (χ2v) is 8.04. The van der Waals surface area contributed by atoms with Crippen molar-refractivity contribution in [2.45, 2.75) is 36.8 Å². The number of benzene rings is 1. The van der Waals surface area contributed by atoms with Crippen LogP contribution < -0.4 is 5.73 Å². The van der Waals surface area contributed by atoms with E-state index < -0.39 is 11.2 Å². The number of nitrogens with two attached hydrogens (primary N) is 1. The van der Waals surface area contributed by atoms with Crippen molar-refractivity contribution in [3.05, 3.63) is 54.0 Å². The Labute approximate surface area is 177 Å². The van der Waals surface area contributed by atoms with Gasteiger partial charge < -0.3 is 15.1 Å². The predicted octanol–water partition coefficient (Wildman–Crippen LogP) is 2.69. The van der Waals surface area contributed by atoms with E-state index in [1.54, 1.807) is 42.8 Å². The molecule has 0 spiro atoms. The summed E-state index contributed by atoms with van der Waals surface area (Å²) >= 11 is 1.22. The number of primary amides is 1. The van der Waals surface area contributed by atoms with Gasteiger partial charge in [-0.05, 0) is 36.8 Å². The molecule has 0 fully saturated rings. The van der Waals surface area contributed by atoms with Crippen molar-refractivity contribution in [2.24, 2.45) is 5.73 Å². The van der Waals surface area contributed by atoms with Crippen LogP contribution >= 0.6 is 11.8 Å². The molecule has 2 heterocycles. The second-order valence-electron chi connectivity index (χ2n) is 6.74. The average molecular weight is 431 g/mol. The number of hydrogen-bond acceptors (Lipinski definition) is 6. The standard InChI is InChI=1S/C20H22FN5O3S/c1-13(19(28)25(2)12-14-5-3-6-15(21)11-14)30-20-24-23-18(16-7-4-10-29-16)26(20)9-8-17(22)27/h3-7,10-11,13H,8-9,12H2,1-2H3,(H2,22,27). The minimum atomic E-state index is -0.482. The third-order valence-electron chi connectivity index (χ3n) is 4.36. The Kier molecular flexibility index (Phi) is 6.88. The molecule has 0 radical (unpaired) electrons. The Morgan fingerprint density at radius 3 is 2.77 bits per heavy atom. The number of carbonyl (C=O) groups is 2. The summed E-state index contributed by atoms with van der Waals surface area (Å²) < 4.78 is 20.5. The first-order valence-electron chi connectivity index (χ1n) is 9.26. The Morgan fingerprint density at radius 2 is 2.10 bits per heavy atom. The van der Waals surface area contributed by atoms with Crippen LogP contribution in [0, 0.1) is 5.82 Å². The zero-order chi connectivity index (χ0) is 21.7. The second kappa shape index (κ2) is 9.57. The van der Waals surface area contributed by atoms with Gasteiger partial charge in [0.15, 0.2) is 16.7 Å². The van der Waals surface area contributed by atoms with Gasteiger partial charge in [0.1, 0.15) is 5.82 Å². The minimum absolute atomic E-state index is 0.0983. The molecule has 3 aromatic rings. The summed E-state index contributed by atoms with van der Waals surface area (Å²) in [6.45, 7) is 2.31. The van der Waals surface area contributed by atoms with Crippen LogP contribution in [0.1, 0.15) is 18.9 Å². The molecule has 8 nitrogen and oxygen atoms in total. The van der Waals surface area contributed by atoms with Gasteiger partial charge in [0.2, 0.25) is 11.8 Å². The van der Waals surface area contributed by atoms with Gasteiger partial charge in [-0.15, -0.1) is 10.2 Å². The van der Waals surface area contributed by atoms with Crippen LogP contribution in [0.15, 0.2) is 52.2 Å². The maximum absolute atomic E-state index is 13.4. The molecule has 10 heteroatoms. The van der Waals surface area contributed by atoms with Gasteiger partial charge in [-0.1, -0.05) is 23.9 Å². The molecule has 1 unspecified atom stereocenters. The van der Waals surface area contributed by atoms with Gasteiger partial charge in [-0.2, -0.15) is 0 Å². The lowest BCUT2D eigenvalue weighted by molar-refractivity contribution is -0.129. The van der Waals surface area contributed by atoms with Gasteiger partial charge in [-0.3, -0.25) is 14.2 Å². The van der Waals surface area contributed by atoms with Crippen molar-refractivity contribution in [2.75, 3.05) is 7.05 Å². The van der Waals surface area contributed by atoms with E-state index in [0.29, 0.717) is 22.3 Å². The summed E-state index contributed by atoms with van der Waals surface area (Å²) in [6, 6.07) is 9.60. The monoisotopic (exact) mass is 431 g/mol. The van der Waals surface area contributed by atoms with E-state index in [2.05, 4.69) is 10.2 Å². The molecule has 0 aliphatic rings. The number of aromatic nitrogens is 3. The van der Waals surface area contributed by atoms with Crippen LogP contribution in [-0.2, 0) is 22.7 Å². The zero-order valence-corrected chi connectivity index (χ0v) is 17.4. The number of furan rings is 1. The lowest BCUT2D eigenvalue weighted by Gasteiger charge is -2.21. The normalized spacial score (nSPS) is 12.0. The number of thioether (sulfide) groups is 1. The largest absolute Gasteiger partial charge is 0.461 e. The Balaban J connectivity index is 1.74. The number of halogens is 1. The highest BCUT2D eigenvalue weighted by Crippen LogP contribution is 2.28. The van der Waals surface area contributed by atoms with Gasteiger partial charge in [0.05, 0.1) is 11.5 Å². The molecule has 0 aliphatic carbocycles. The molecular weight excluding hydrogens is 409 g/mol. The lowest BCUT2D eigenvalue weighted by atomic mass is 10.2. The van der Waals surface area contributed by atoms with Gasteiger partial charge in [-0.25, -0.2) is 4.39 Å². The first-order chi connectivity index (χ1) is 14.3. The molecule has 0 bridgehead atoms. The molecular formula is C20H22FN5O3S. The van der Waals surface area contributed by atoms with Crippen molar-refractivity contribution in [3.8, 4) is 11.6 Å². The van der Waals surface area contributed by atoms with E-state index >= 15 is 0 Å². The first-order valence-corrected chi connectivity index (χ1v) is 10.1. The molecule has 2 aromatic heterocycles. The smallest absolute Gasteiger partial charge is 0.235 e. The van der Waals surface area contributed by atoms with Gasteiger partial charge >= 0.3 is 0 Å². The van der Waals surface area contributed by atoms with E-state index in [1.807, 2.05) is 0 Å². The summed E-state index contributed by atoms with van der Waals surface area (Å²) in [4.78, 5) is 25.6. The van der Waals surface area contributed by atoms with Crippen LogP contribution in [0.25, 0.3) is 11.6 Å². The maximum Gasteiger partial charge on any atom is 0.235 e. The van der Waals surface area contributed by atoms with E-state index in [0.717, 1.165) is 0 Å². The van der Waals surface area contributed by atoms with Crippen LogP contribution in [0.4, 0.5) is 4.39 Å². The highest BCUT2D eigenvalue weighted by Gasteiger charge is 2.24. The molecule has 1 atom stereocenters. The summed E-state index contributed by atoms with van der Waals surface area (Å²) in [7, 11) is 1.66. The molecule has 158 valence electrons. The number of rotatable bonds is 9. The molecule has 0 aliphatic heterocycles. The highest BCUT2D eigenvalue weighted by molar-refractivity contribution is 8.00. The summed E-state index contributed by atoms with van der Waals surface area (Å²) in [5.41, 5.74) is 5.99. The molecule has 2 amide bonds. The van der Waals surface area contributed by atoms with E-state index in [4.69, 9.17) is 10.2 Å². The molecule has 1 aromatic carbocycles. The average Bonchev–Trinajstić information content (AvgIpc) is 3.35. The zero-order valence-electron chi connectivity index (χ0n) is 16.6. The number of carbonyl (C=O) groups excluding carboxylic acids is 2. The fourth-order valence-corrected chi connectivity index (χ4v) is 3.88. The van der Waals surface area contributed by atoms with E-state index in [-0.39, 0.29) is 31.2 Å². The first kappa shape index (κ1) is 21.6. The van der Waals surface area contributed by atoms with Crippen LogP contribution in [0.5, 0.6) is 0 Å². The SMILES string of the molecule is CC(Sc1nnc(-c2ccco2)n1CCC(N)=O)C(=O)N(C)Cc1cccc(F)c1. The van der Waals surface area contributed by atoms with Crippen molar-refractivity contribution in [1.82, 2.24) is 19.7 Å². The molecule has 0 saturated heterocycles. The molecule has 3 rings (SSSR count). The van der Waals surface area contributed by atoms with Crippen LogP contribution in [-0.4, -0.2) is 43.8 Å². The fourth-order valence-electron chi connectivity index (χ4n) is 2.89.